The number of hydrogen-bond donors (Lipinski definition) is 0. The van der Waals surface area contributed by atoms with Gasteiger partial charge in [0.25, 0.3) is 0 Å². The first kappa shape index (κ1) is 14.3. The topological polar surface area (TPSA) is 67.4 Å². The molecule has 0 saturated heterocycles. The number of pyridine rings is 1. The summed E-state index contributed by atoms with van der Waals surface area (Å²) in [7, 11) is 0. The molecule has 2 aromatic heterocycles. The van der Waals surface area contributed by atoms with Crippen LogP contribution in [0.15, 0.2) is 60.0 Å². The van der Waals surface area contributed by atoms with Gasteiger partial charge in [0.15, 0.2) is 11.0 Å². The van der Waals surface area contributed by atoms with Gasteiger partial charge in [0, 0.05) is 18.0 Å². The van der Waals surface area contributed by atoms with Gasteiger partial charge >= 0.3 is 0 Å². The van der Waals surface area contributed by atoms with E-state index in [4.69, 9.17) is 5.26 Å². The molecule has 3 aromatic rings. The summed E-state index contributed by atoms with van der Waals surface area (Å²) in [5, 5.41) is 18.1. The molecule has 0 unspecified atom stereocenters. The molecule has 0 bridgehead atoms. The monoisotopic (exact) mass is 307 g/mol. The maximum Gasteiger partial charge on any atom is 0.192 e. The Balaban J connectivity index is 2.00. The average Bonchev–Trinajstić information content (AvgIpc) is 2.97. The number of nitrogens with zero attached hydrogens (tertiary/aromatic N) is 5. The van der Waals surface area contributed by atoms with Crippen molar-refractivity contribution in [3.63, 3.8) is 0 Å². The highest BCUT2D eigenvalue weighted by Crippen LogP contribution is 2.24. The summed E-state index contributed by atoms with van der Waals surface area (Å²) in [5.74, 6) is 1.13. The molecule has 0 N–H and O–H groups in total. The van der Waals surface area contributed by atoms with Gasteiger partial charge in [0.1, 0.15) is 0 Å². The molecule has 0 radical (unpaired) electrons. The summed E-state index contributed by atoms with van der Waals surface area (Å²) in [4.78, 5) is 4.04. The van der Waals surface area contributed by atoms with Gasteiger partial charge in [0.2, 0.25) is 0 Å². The molecule has 0 saturated carbocycles. The van der Waals surface area contributed by atoms with Crippen molar-refractivity contribution in [2.45, 2.75) is 11.7 Å². The number of rotatable bonds is 5. The van der Waals surface area contributed by atoms with E-state index in [1.165, 1.54) is 11.8 Å². The fraction of sp³-hybridized carbons (Fsp3) is 0.125. The molecule has 5 nitrogen and oxygen atoms in total. The van der Waals surface area contributed by atoms with Gasteiger partial charge in [-0.05, 0) is 17.7 Å². The van der Waals surface area contributed by atoms with Crippen molar-refractivity contribution in [1.82, 2.24) is 19.7 Å². The second-order valence-corrected chi connectivity index (χ2v) is 5.50. The maximum absolute atomic E-state index is 8.80. The second-order valence-electron chi connectivity index (χ2n) is 4.56. The number of thioether (sulfide) groups is 1. The van der Waals surface area contributed by atoms with E-state index >= 15 is 0 Å². The molecule has 0 aliphatic carbocycles. The lowest BCUT2D eigenvalue weighted by Crippen LogP contribution is -2.04. The minimum atomic E-state index is 0.350. The molecule has 1 aromatic carbocycles. The van der Waals surface area contributed by atoms with Crippen LogP contribution in [-0.2, 0) is 6.54 Å². The SMILES string of the molecule is N#CCSc1nnc(-c2ccncc2)n1Cc1ccccc1. The number of aromatic nitrogens is 4. The highest BCUT2D eigenvalue weighted by Gasteiger charge is 2.14. The zero-order chi connectivity index (χ0) is 15.2. The minimum Gasteiger partial charge on any atom is -0.298 e. The summed E-state index contributed by atoms with van der Waals surface area (Å²) in [6, 6.07) is 16.1. The predicted molar refractivity (Wildman–Crippen MR) is 85.1 cm³/mol. The molecule has 2 heterocycles. The van der Waals surface area contributed by atoms with Crippen molar-refractivity contribution in [2.75, 3.05) is 5.75 Å². The van der Waals surface area contributed by atoms with Crippen LogP contribution in [0.2, 0.25) is 0 Å². The Hall–Kier alpha value is -2.65. The number of hydrogen-bond acceptors (Lipinski definition) is 5. The largest absolute Gasteiger partial charge is 0.298 e. The van der Waals surface area contributed by atoms with Gasteiger partial charge < -0.3 is 0 Å². The predicted octanol–water partition coefficient (Wildman–Crippen LogP) is 3.00. The van der Waals surface area contributed by atoms with E-state index in [1.807, 2.05) is 34.9 Å². The van der Waals surface area contributed by atoms with Crippen LogP contribution in [0.3, 0.4) is 0 Å². The molecule has 0 aliphatic rings. The van der Waals surface area contributed by atoms with Crippen LogP contribution in [0, 0.1) is 11.3 Å². The van der Waals surface area contributed by atoms with Crippen molar-refractivity contribution in [3.8, 4) is 17.5 Å². The first-order valence-electron chi connectivity index (χ1n) is 6.76. The maximum atomic E-state index is 8.80. The lowest BCUT2D eigenvalue weighted by molar-refractivity contribution is 0.715. The van der Waals surface area contributed by atoms with E-state index in [-0.39, 0.29) is 0 Å². The summed E-state index contributed by atoms with van der Waals surface area (Å²) in [5.41, 5.74) is 2.12. The number of benzene rings is 1. The molecule has 0 spiro atoms. The van der Waals surface area contributed by atoms with Crippen molar-refractivity contribution >= 4 is 11.8 Å². The van der Waals surface area contributed by atoms with Crippen LogP contribution in [0.5, 0.6) is 0 Å². The lowest BCUT2D eigenvalue weighted by atomic mass is 10.2. The molecule has 0 amide bonds. The van der Waals surface area contributed by atoms with E-state index in [0.717, 1.165) is 22.1 Å². The Morgan fingerprint density at radius 3 is 2.55 bits per heavy atom. The highest BCUT2D eigenvalue weighted by atomic mass is 32.2. The third-order valence-corrected chi connectivity index (χ3v) is 3.94. The molecular weight excluding hydrogens is 294 g/mol. The van der Waals surface area contributed by atoms with E-state index < -0.39 is 0 Å². The summed E-state index contributed by atoms with van der Waals surface area (Å²) in [6.07, 6.45) is 3.47. The van der Waals surface area contributed by atoms with Crippen molar-refractivity contribution in [1.29, 1.82) is 5.26 Å². The molecule has 6 heteroatoms. The molecule has 0 fully saturated rings. The molecule has 3 rings (SSSR count). The highest BCUT2D eigenvalue weighted by molar-refractivity contribution is 7.99. The Labute approximate surface area is 132 Å². The van der Waals surface area contributed by atoms with E-state index in [9.17, 15) is 0 Å². The van der Waals surface area contributed by atoms with Gasteiger partial charge in [-0.2, -0.15) is 5.26 Å². The van der Waals surface area contributed by atoms with Gasteiger partial charge in [-0.3, -0.25) is 9.55 Å². The summed E-state index contributed by atoms with van der Waals surface area (Å²) < 4.78 is 2.03. The average molecular weight is 307 g/mol. The fourth-order valence-corrected chi connectivity index (χ4v) is 2.71. The van der Waals surface area contributed by atoms with Crippen molar-refractivity contribution in [2.24, 2.45) is 0 Å². The van der Waals surface area contributed by atoms with Gasteiger partial charge in [-0.25, -0.2) is 0 Å². The zero-order valence-electron chi connectivity index (χ0n) is 11.8. The Morgan fingerprint density at radius 2 is 1.82 bits per heavy atom. The van der Waals surface area contributed by atoms with E-state index in [2.05, 4.69) is 33.4 Å². The minimum absolute atomic E-state index is 0.350. The summed E-state index contributed by atoms with van der Waals surface area (Å²) >= 11 is 1.39. The smallest absolute Gasteiger partial charge is 0.192 e. The van der Waals surface area contributed by atoms with Crippen molar-refractivity contribution < 1.29 is 0 Å². The normalized spacial score (nSPS) is 10.3. The molecule has 0 aliphatic heterocycles. The standard InChI is InChI=1S/C16H13N5S/c17-8-11-22-16-20-19-15(14-6-9-18-10-7-14)21(16)12-13-4-2-1-3-5-13/h1-7,9-10H,11-12H2. The molecular formula is C16H13N5S. The Morgan fingerprint density at radius 1 is 1.05 bits per heavy atom. The van der Waals surface area contributed by atoms with Gasteiger partial charge in [0.05, 0.1) is 18.4 Å². The van der Waals surface area contributed by atoms with Crippen LogP contribution in [0.1, 0.15) is 5.56 Å². The first-order chi connectivity index (χ1) is 10.9. The first-order valence-corrected chi connectivity index (χ1v) is 7.74. The van der Waals surface area contributed by atoms with Gasteiger partial charge in [-0.15, -0.1) is 10.2 Å². The Bertz CT molecular complexity index is 777. The number of nitriles is 1. The third-order valence-electron chi connectivity index (χ3n) is 3.10. The zero-order valence-corrected chi connectivity index (χ0v) is 12.6. The quantitative estimate of drug-likeness (QED) is 0.678. The summed E-state index contributed by atoms with van der Waals surface area (Å²) in [6.45, 7) is 0.666. The molecule has 108 valence electrons. The van der Waals surface area contributed by atoms with Gasteiger partial charge in [-0.1, -0.05) is 42.1 Å². The molecule has 22 heavy (non-hydrogen) atoms. The molecule has 0 atom stereocenters. The second kappa shape index (κ2) is 6.87. The van der Waals surface area contributed by atoms with E-state index in [0.29, 0.717) is 12.3 Å². The van der Waals surface area contributed by atoms with Crippen LogP contribution in [0.25, 0.3) is 11.4 Å². The van der Waals surface area contributed by atoms with Crippen LogP contribution >= 0.6 is 11.8 Å². The van der Waals surface area contributed by atoms with Crippen LogP contribution in [0.4, 0.5) is 0 Å². The van der Waals surface area contributed by atoms with Crippen LogP contribution in [-0.4, -0.2) is 25.5 Å². The van der Waals surface area contributed by atoms with Crippen molar-refractivity contribution in [3.05, 3.63) is 60.4 Å². The van der Waals surface area contributed by atoms with Crippen LogP contribution < -0.4 is 0 Å². The fourth-order valence-electron chi connectivity index (χ4n) is 2.12. The lowest BCUT2D eigenvalue weighted by Gasteiger charge is -2.09. The Kier molecular flexibility index (Phi) is 4.47. The third kappa shape index (κ3) is 3.15. The van der Waals surface area contributed by atoms with E-state index in [1.54, 1.807) is 12.4 Å².